The third kappa shape index (κ3) is 5.97. The Morgan fingerprint density at radius 1 is 1.32 bits per heavy atom. The zero-order valence-electron chi connectivity index (χ0n) is 16.8. The lowest BCUT2D eigenvalue weighted by Gasteiger charge is -2.36. The Morgan fingerprint density at radius 3 is 2.82 bits per heavy atom. The normalized spacial score (nSPS) is 20.6. The minimum atomic E-state index is -0.0450. The molecule has 2 aliphatic heterocycles. The molecule has 2 fully saturated rings. The van der Waals surface area contributed by atoms with Crippen molar-refractivity contribution >= 4 is 11.9 Å². The summed E-state index contributed by atoms with van der Waals surface area (Å²) in [4.78, 5) is 21.2. The average molecular weight is 393 g/mol. The predicted molar refractivity (Wildman–Crippen MR) is 107 cm³/mol. The SMILES string of the molecule is CCNC(=NCCCOCC1CCOC1)N1CCN(C(=O)c2ccco2)CC1. The van der Waals surface area contributed by atoms with E-state index in [9.17, 15) is 4.79 Å². The molecule has 28 heavy (non-hydrogen) atoms. The van der Waals surface area contributed by atoms with E-state index in [2.05, 4.69) is 17.1 Å². The molecule has 0 aromatic carbocycles. The molecule has 3 heterocycles. The third-order valence-corrected chi connectivity index (χ3v) is 5.02. The van der Waals surface area contributed by atoms with Crippen LogP contribution in [0.25, 0.3) is 0 Å². The molecule has 1 amide bonds. The van der Waals surface area contributed by atoms with Crippen molar-refractivity contribution in [1.82, 2.24) is 15.1 Å². The molecule has 8 nitrogen and oxygen atoms in total. The maximum Gasteiger partial charge on any atom is 0.289 e. The van der Waals surface area contributed by atoms with Gasteiger partial charge in [0.25, 0.3) is 5.91 Å². The first kappa shape index (κ1) is 20.7. The summed E-state index contributed by atoms with van der Waals surface area (Å²) in [6.07, 6.45) is 3.54. The van der Waals surface area contributed by atoms with Crippen LogP contribution in [0, 0.1) is 5.92 Å². The van der Waals surface area contributed by atoms with E-state index in [0.717, 1.165) is 71.4 Å². The van der Waals surface area contributed by atoms with E-state index in [-0.39, 0.29) is 5.91 Å². The first-order chi connectivity index (χ1) is 13.8. The molecule has 2 aliphatic rings. The Balaban J connectivity index is 1.38. The maximum absolute atomic E-state index is 12.4. The van der Waals surface area contributed by atoms with Gasteiger partial charge in [-0.2, -0.15) is 0 Å². The number of ether oxygens (including phenoxy) is 2. The molecule has 2 saturated heterocycles. The van der Waals surface area contributed by atoms with E-state index in [4.69, 9.17) is 18.9 Å². The summed E-state index contributed by atoms with van der Waals surface area (Å²) in [6.45, 7) is 9.68. The van der Waals surface area contributed by atoms with E-state index in [1.165, 1.54) is 6.26 Å². The van der Waals surface area contributed by atoms with Crippen LogP contribution in [0.2, 0.25) is 0 Å². The Morgan fingerprint density at radius 2 is 2.14 bits per heavy atom. The van der Waals surface area contributed by atoms with Gasteiger partial charge in [-0.1, -0.05) is 0 Å². The average Bonchev–Trinajstić information content (AvgIpc) is 3.43. The summed E-state index contributed by atoms with van der Waals surface area (Å²) in [7, 11) is 0. The summed E-state index contributed by atoms with van der Waals surface area (Å²) in [6, 6.07) is 3.45. The quantitative estimate of drug-likeness (QED) is 0.410. The van der Waals surface area contributed by atoms with Crippen molar-refractivity contribution in [2.24, 2.45) is 10.9 Å². The van der Waals surface area contributed by atoms with Crippen LogP contribution in [-0.4, -0.2) is 87.4 Å². The Labute approximate surface area is 166 Å². The van der Waals surface area contributed by atoms with E-state index in [1.807, 2.05) is 4.90 Å². The molecular formula is C20H32N4O4. The van der Waals surface area contributed by atoms with Gasteiger partial charge in [-0.15, -0.1) is 0 Å². The highest BCUT2D eigenvalue weighted by atomic mass is 16.5. The standard InChI is InChI=1S/C20H32N4O4/c1-2-21-20(22-7-4-12-26-15-17-6-14-27-16-17)24-10-8-23(9-11-24)19(25)18-5-3-13-28-18/h3,5,13,17H,2,4,6-12,14-16H2,1H3,(H,21,22). The second-order valence-corrected chi connectivity index (χ2v) is 7.15. The van der Waals surface area contributed by atoms with Crippen molar-refractivity contribution in [3.05, 3.63) is 24.2 Å². The highest BCUT2D eigenvalue weighted by Gasteiger charge is 2.25. The summed E-state index contributed by atoms with van der Waals surface area (Å²) >= 11 is 0. The van der Waals surface area contributed by atoms with Crippen LogP contribution in [0.1, 0.15) is 30.3 Å². The number of guanidine groups is 1. The van der Waals surface area contributed by atoms with Crippen LogP contribution in [0.15, 0.2) is 27.8 Å². The van der Waals surface area contributed by atoms with Crippen molar-refractivity contribution in [2.45, 2.75) is 19.8 Å². The van der Waals surface area contributed by atoms with Gasteiger partial charge in [-0.3, -0.25) is 9.79 Å². The first-order valence-electron chi connectivity index (χ1n) is 10.3. The molecule has 3 rings (SSSR count). The highest BCUT2D eigenvalue weighted by molar-refractivity contribution is 5.91. The van der Waals surface area contributed by atoms with Crippen molar-refractivity contribution in [3.8, 4) is 0 Å². The second kappa shape index (κ2) is 11.1. The minimum Gasteiger partial charge on any atom is -0.459 e. The fourth-order valence-electron chi connectivity index (χ4n) is 3.42. The number of hydrogen-bond acceptors (Lipinski definition) is 5. The van der Waals surface area contributed by atoms with Gasteiger partial charge < -0.3 is 29.0 Å². The lowest BCUT2D eigenvalue weighted by atomic mass is 10.1. The van der Waals surface area contributed by atoms with Crippen molar-refractivity contribution < 1.29 is 18.7 Å². The van der Waals surface area contributed by atoms with Crippen LogP contribution in [0.4, 0.5) is 0 Å². The Bertz CT molecular complexity index is 606. The smallest absolute Gasteiger partial charge is 0.289 e. The number of amides is 1. The molecule has 0 spiro atoms. The summed E-state index contributed by atoms with van der Waals surface area (Å²) in [5, 5.41) is 3.36. The summed E-state index contributed by atoms with van der Waals surface area (Å²) in [5.74, 6) is 1.83. The maximum atomic E-state index is 12.4. The van der Waals surface area contributed by atoms with Gasteiger partial charge in [-0.25, -0.2) is 0 Å². The summed E-state index contributed by atoms with van der Waals surface area (Å²) < 4.78 is 16.3. The van der Waals surface area contributed by atoms with Gasteiger partial charge >= 0.3 is 0 Å². The number of aliphatic imine (C=N–C) groups is 1. The van der Waals surface area contributed by atoms with Crippen LogP contribution < -0.4 is 5.32 Å². The van der Waals surface area contributed by atoms with Crippen LogP contribution >= 0.6 is 0 Å². The Kier molecular flexibility index (Phi) is 8.17. The number of rotatable bonds is 8. The lowest BCUT2D eigenvalue weighted by molar-refractivity contribution is 0.0657. The fourth-order valence-corrected chi connectivity index (χ4v) is 3.42. The zero-order chi connectivity index (χ0) is 19.6. The van der Waals surface area contributed by atoms with Crippen molar-refractivity contribution in [1.29, 1.82) is 0 Å². The van der Waals surface area contributed by atoms with Gasteiger partial charge in [0.05, 0.1) is 19.5 Å². The number of carbonyl (C=O) groups excluding carboxylic acids is 1. The van der Waals surface area contributed by atoms with Crippen LogP contribution in [-0.2, 0) is 9.47 Å². The molecule has 1 N–H and O–H groups in total. The number of piperazine rings is 1. The van der Waals surface area contributed by atoms with E-state index < -0.39 is 0 Å². The molecule has 0 aliphatic carbocycles. The van der Waals surface area contributed by atoms with Gasteiger partial charge in [0, 0.05) is 58.4 Å². The van der Waals surface area contributed by atoms with Gasteiger partial charge in [-0.05, 0) is 31.9 Å². The topological polar surface area (TPSA) is 79.5 Å². The molecule has 0 saturated carbocycles. The predicted octanol–water partition coefficient (Wildman–Crippen LogP) is 1.45. The third-order valence-electron chi connectivity index (χ3n) is 5.02. The molecule has 1 unspecified atom stereocenters. The number of nitrogens with zero attached hydrogens (tertiary/aromatic N) is 3. The lowest BCUT2D eigenvalue weighted by Crippen LogP contribution is -2.53. The van der Waals surface area contributed by atoms with Crippen molar-refractivity contribution in [2.75, 3.05) is 65.7 Å². The molecular weight excluding hydrogens is 360 g/mol. The monoisotopic (exact) mass is 392 g/mol. The van der Waals surface area contributed by atoms with Gasteiger partial charge in [0.1, 0.15) is 0 Å². The summed E-state index contributed by atoms with van der Waals surface area (Å²) in [5.41, 5.74) is 0. The molecule has 0 bridgehead atoms. The van der Waals surface area contributed by atoms with E-state index >= 15 is 0 Å². The largest absolute Gasteiger partial charge is 0.459 e. The van der Waals surface area contributed by atoms with Crippen LogP contribution in [0.5, 0.6) is 0 Å². The molecule has 0 radical (unpaired) electrons. The molecule has 1 aromatic rings. The van der Waals surface area contributed by atoms with Crippen LogP contribution in [0.3, 0.4) is 0 Å². The first-order valence-corrected chi connectivity index (χ1v) is 10.3. The molecule has 1 atom stereocenters. The highest BCUT2D eigenvalue weighted by Crippen LogP contribution is 2.12. The number of carbonyl (C=O) groups is 1. The van der Waals surface area contributed by atoms with Gasteiger partial charge in [0.2, 0.25) is 0 Å². The molecule has 156 valence electrons. The zero-order valence-corrected chi connectivity index (χ0v) is 16.8. The van der Waals surface area contributed by atoms with E-state index in [0.29, 0.717) is 24.8 Å². The minimum absolute atomic E-state index is 0.0450. The number of hydrogen-bond donors (Lipinski definition) is 1. The second-order valence-electron chi connectivity index (χ2n) is 7.15. The fraction of sp³-hybridized carbons (Fsp3) is 0.700. The molecule has 8 heteroatoms. The number of furan rings is 1. The number of nitrogens with one attached hydrogen (secondary N) is 1. The van der Waals surface area contributed by atoms with E-state index in [1.54, 1.807) is 12.1 Å². The molecule has 1 aromatic heterocycles. The Hall–Kier alpha value is -2.06. The van der Waals surface area contributed by atoms with Crippen molar-refractivity contribution in [3.63, 3.8) is 0 Å². The van der Waals surface area contributed by atoms with Gasteiger partial charge in [0.15, 0.2) is 11.7 Å².